The minimum Gasteiger partial charge on any atom is -0.394 e. The Morgan fingerprint density at radius 3 is 2.81 bits per heavy atom. The van der Waals surface area contributed by atoms with Crippen LogP contribution in [0.1, 0.15) is 26.2 Å². The monoisotopic (exact) mass is 230 g/mol. The molecule has 1 rings (SSSR count). The van der Waals surface area contributed by atoms with Gasteiger partial charge in [-0.2, -0.15) is 0 Å². The number of hydrogen-bond acceptors (Lipinski definition) is 4. The molecule has 94 valence electrons. The Bertz CT molecular complexity index is 227. The average Bonchev–Trinajstić information content (AvgIpc) is 3.06. The largest absolute Gasteiger partial charge is 0.394 e. The maximum absolute atomic E-state index is 11.7. The zero-order valence-corrected chi connectivity index (χ0v) is 9.87. The summed E-state index contributed by atoms with van der Waals surface area (Å²) in [5.41, 5.74) is 5.24. The van der Waals surface area contributed by atoms with E-state index in [2.05, 4.69) is 5.32 Å². The first-order valence-corrected chi connectivity index (χ1v) is 5.85. The number of amides is 1. The van der Waals surface area contributed by atoms with Crippen molar-refractivity contribution in [2.24, 2.45) is 11.7 Å². The van der Waals surface area contributed by atoms with E-state index in [0.29, 0.717) is 25.7 Å². The molecule has 0 heterocycles. The fraction of sp³-hybridized carbons (Fsp3) is 0.909. The summed E-state index contributed by atoms with van der Waals surface area (Å²) in [5.74, 6) is 0.273. The summed E-state index contributed by atoms with van der Waals surface area (Å²) in [6.07, 6.45) is 2.85. The van der Waals surface area contributed by atoms with Crippen molar-refractivity contribution >= 4 is 5.91 Å². The molecule has 1 atom stereocenters. The Morgan fingerprint density at radius 2 is 2.25 bits per heavy atom. The highest BCUT2D eigenvalue weighted by Gasteiger charge is 2.43. The van der Waals surface area contributed by atoms with Crippen LogP contribution in [0.2, 0.25) is 0 Å². The van der Waals surface area contributed by atoms with Gasteiger partial charge in [0.05, 0.1) is 18.8 Å². The van der Waals surface area contributed by atoms with Gasteiger partial charge in [-0.25, -0.2) is 0 Å². The van der Waals surface area contributed by atoms with Crippen LogP contribution in [0.25, 0.3) is 0 Å². The van der Waals surface area contributed by atoms with Gasteiger partial charge in [0.2, 0.25) is 5.91 Å². The van der Waals surface area contributed by atoms with Crippen molar-refractivity contribution < 1.29 is 14.6 Å². The summed E-state index contributed by atoms with van der Waals surface area (Å²) < 4.78 is 5.08. The Labute approximate surface area is 96.3 Å². The van der Waals surface area contributed by atoms with Crippen molar-refractivity contribution in [3.05, 3.63) is 0 Å². The second-order valence-corrected chi connectivity index (χ2v) is 4.50. The lowest BCUT2D eigenvalue weighted by atomic mass is 9.96. The minimum absolute atomic E-state index is 0.0366. The molecule has 5 heteroatoms. The molecular formula is C11H22N2O3. The number of nitrogens with one attached hydrogen (secondary N) is 1. The molecule has 0 aromatic carbocycles. The van der Waals surface area contributed by atoms with Gasteiger partial charge in [-0.05, 0) is 32.1 Å². The van der Waals surface area contributed by atoms with Crippen molar-refractivity contribution in [2.75, 3.05) is 26.4 Å². The minimum atomic E-state index is -0.716. The van der Waals surface area contributed by atoms with E-state index in [1.54, 1.807) is 6.92 Å². The van der Waals surface area contributed by atoms with Gasteiger partial charge in [0.25, 0.3) is 0 Å². The number of carbonyl (C=O) groups excluding carboxylic acids is 1. The Morgan fingerprint density at radius 1 is 1.56 bits per heavy atom. The topological polar surface area (TPSA) is 84.6 Å². The molecule has 0 aromatic heterocycles. The van der Waals surface area contributed by atoms with Crippen LogP contribution in [0.5, 0.6) is 0 Å². The molecule has 1 fully saturated rings. The fourth-order valence-electron chi connectivity index (χ4n) is 1.60. The standard InChI is InChI=1S/C11H22N2O3/c1-11(12,9-3-4-9)10(15)13-5-2-7-16-8-6-14/h9,14H,2-8,12H2,1H3,(H,13,15). The summed E-state index contributed by atoms with van der Waals surface area (Å²) in [7, 11) is 0. The summed E-state index contributed by atoms with van der Waals surface area (Å²) in [5, 5.41) is 11.3. The van der Waals surface area contributed by atoms with Crippen LogP contribution in [0.4, 0.5) is 0 Å². The van der Waals surface area contributed by atoms with E-state index in [1.165, 1.54) is 0 Å². The molecule has 0 aromatic rings. The van der Waals surface area contributed by atoms with Crippen LogP contribution < -0.4 is 11.1 Å². The maximum Gasteiger partial charge on any atom is 0.240 e. The van der Waals surface area contributed by atoms with Crippen molar-refractivity contribution in [2.45, 2.75) is 31.7 Å². The second kappa shape index (κ2) is 6.18. The lowest BCUT2D eigenvalue weighted by molar-refractivity contribution is -0.126. The average molecular weight is 230 g/mol. The summed E-state index contributed by atoms with van der Waals surface area (Å²) in [6, 6.07) is 0. The molecule has 0 saturated heterocycles. The third-order valence-electron chi connectivity index (χ3n) is 2.90. The number of rotatable bonds is 8. The molecule has 0 spiro atoms. The quantitative estimate of drug-likeness (QED) is 0.497. The van der Waals surface area contributed by atoms with Gasteiger partial charge < -0.3 is 20.9 Å². The molecule has 0 bridgehead atoms. The number of hydrogen-bond donors (Lipinski definition) is 3. The number of ether oxygens (including phenoxy) is 1. The predicted octanol–water partition coefficient (Wildman–Crippen LogP) is -0.371. The molecule has 1 unspecified atom stereocenters. The van der Waals surface area contributed by atoms with E-state index < -0.39 is 5.54 Å². The van der Waals surface area contributed by atoms with Crippen LogP contribution in [-0.2, 0) is 9.53 Å². The van der Waals surface area contributed by atoms with Gasteiger partial charge >= 0.3 is 0 Å². The highest BCUT2D eigenvalue weighted by molar-refractivity contribution is 5.86. The number of carbonyl (C=O) groups is 1. The zero-order valence-electron chi connectivity index (χ0n) is 9.87. The number of aliphatic hydroxyl groups excluding tert-OH is 1. The molecule has 0 aliphatic heterocycles. The van der Waals surface area contributed by atoms with Crippen molar-refractivity contribution in [3.63, 3.8) is 0 Å². The van der Waals surface area contributed by atoms with Gasteiger partial charge in [0, 0.05) is 13.2 Å². The van der Waals surface area contributed by atoms with Gasteiger partial charge in [0.1, 0.15) is 0 Å². The number of aliphatic hydroxyl groups is 1. The van der Waals surface area contributed by atoms with Gasteiger partial charge in [-0.1, -0.05) is 0 Å². The first-order chi connectivity index (χ1) is 7.59. The summed E-state index contributed by atoms with van der Waals surface area (Å²) >= 11 is 0. The van der Waals surface area contributed by atoms with E-state index in [1.807, 2.05) is 0 Å². The predicted molar refractivity (Wildman–Crippen MR) is 60.8 cm³/mol. The molecule has 16 heavy (non-hydrogen) atoms. The maximum atomic E-state index is 11.7. The summed E-state index contributed by atoms with van der Waals surface area (Å²) in [6.45, 7) is 3.30. The smallest absolute Gasteiger partial charge is 0.240 e. The fourth-order valence-corrected chi connectivity index (χ4v) is 1.60. The highest BCUT2D eigenvalue weighted by Crippen LogP contribution is 2.37. The third kappa shape index (κ3) is 4.08. The van der Waals surface area contributed by atoms with Crippen LogP contribution >= 0.6 is 0 Å². The Hall–Kier alpha value is -0.650. The summed E-state index contributed by atoms with van der Waals surface area (Å²) in [4.78, 5) is 11.7. The third-order valence-corrected chi connectivity index (χ3v) is 2.90. The first kappa shape index (κ1) is 13.4. The van der Waals surface area contributed by atoms with Gasteiger partial charge in [-0.15, -0.1) is 0 Å². The molecule has 1 amide bonds. The van der Waals surface area contributed by atoms with Crippen molar-refractivity contribution in [1.29, 1.82) is 0 Å². The lowest BCUT2D eigenvalue weighted by Crippen LogP contribution is -2.53. The molecule has 4 N–H and O–H groups in total. The molecular weight excluding hydrogens is 208 g/mol. The molecule has 1 aliphatic rings. The molecule has 0 radical (unpaired) electrons. The van der Waals surface area contributed by atoms with Crippen molar-refractivity contribution in [3.8, 4) is 0 Å². The van der Waals surface area contributed by atoms with Crippen molar-refractivity contribution in [1.82, 2.24) is 5.32 Å². The lowest BCUT2D eigenvalue weighted by Gasteiger charge is -2.23. The van der Waals surface area contributed by atoms with E-state index in [0.717, 1.165) is 19.3 Å². The first-order valence-electron chi connectivity index (χ1n) is 5.85. The van der Waals surface area contributed by atoms with Crippen LogP contribution in [0.3, 0.4) is 0 Å². The highest BCUT2D eigenvalue weighted by atomic mass is 16.5. The Balaban J connectivity index is 2.06. The van der Waals surface area contributed by atoms with E-state index in [9.17, 15) is 4.79 Å². The van der Waals surface area contributed by atoms with Crippen LogP contribution in [-0.4, -0.2) is 42.9 Å². The van der Waals surface area contributed by atoms with Crippen LogP contribution in [0.15, 0.2) is 0 Å². The SMILES string of the molecule is CC(N)(C(=O)NCCCOCCO)C1CC1. The zero-order chi connectivity index (χ0) is 12.0. The van der Waals surface area contributed by atoms with Gasteiger partial charge in [-0.3, -0.25) is 4.79 Å². The Kier molecular flexibility index (Phi) is 5.18. The molecule has 1 aliphatic carbocycles. The van der Waals surface area contributed by atoms with Gasteiger partial charge in [0.15, 0.2) is 0 Å². The second-order valence-electron chi connectivity index (χ2n) is 4.50. The van der Waals surface area contributed by atoms with E-state index in [-0.39, 0.29) is 12.5 Å². The molecule has 1 saturated carbocycles. The number of nitrogens with two attached hydrogens (primary N) is 1. The van der Waals surface area contributed by atoms with Crippen LogP contribution in [0, 0.1) is 5.92 Å². The van der Waals surface area contributed by atoms with E-state index >= 15 is 0 Å². The normalized spacial score (nSPS) is 19.2. The molecule has 5 nitrogen and oxygen atoms in total. The van der Waals surface area contributed by atoms with E-state index in [4.69, 9.17) is 15.6 Å².